The van der Waals surface area contributed by atoms with Crippen LogP contribution in [0.3, 0.4) is 0 Å². The van der Waals surface area contributed by atoms with Gasteiger partial charge in [0.15, 0.2) is 0 Å². The summed E-state index contributed by atoms with van der Waals surface area (Å²) < 4.78 is 0. The fourth-order valence-electron chi connectivity index (χ4n) is 3.74. The SMILES string of the molecule is Nc1ccc(N2C[C@@H]3C[C@H]2CN3Cc2ccccc2)cc1. The van der Waals surface area contributed by atoms with Crippen molar-refractivity contribution in [3.63, 3.8) is 0 Å². The van der Waals surface area contributed by atoms with E-state index in [2.05, 4.69) is 52.3 Å². The molecule has 2 aromatic rings. The molecule has 0 aliphatic carbocycles. The van der Waals surface area contributed by atoms with Gasteiger partial charge < -0.3 is 10.6 Å². The summed E-state index contributed by atoms with van der Waals surface area (Å²) in [7, 11) is 0. The van der Waals surface area contributed by atoms with Crippen molar-refractivity contribution in [2.45, 2.75) is 25.0 Å². The first-order valence-electron chi connectivity index (χ1n) is 7.70. The van der Waals surface area contributed by atoms with E-state index >= 15 is 0 Å². The second kappa shape index (κ2) is 5.08. The van der Waals surface area contributed by atoms with Gasteiger partial charge in [-0.25, -0.2) is 0 Å². The highest BCUT2D eigenvalue weighted by Gasteiger charge is 2.42. The molecule has 21 heavy (non-hydrogen) atoms. The van der Waals surface area contributed by atoms with Gasteiger partial charge in [-0.05, 0) is 36.2 Å². The van der Waals surface area contributed by atoms with E-state index in [1.54, 1.807) is 0 Å². The number of hydrogen-bond donors (Lipinski definition) is 1. The Bertz CT molecular complexity index is 608. The molecule has 3 nitrogen and oxygen atoms in total. The summed E-state index contributed by atoms with van der Waals surface area (Å²) in [6.07, 6.45) is 1.29. The van der Waals surface area contributed by atoms with Gasteiger partial charge in [-0.15, -0.1) is 0 Å². The highest BCUT2D eigenvalue weighted by molar-refractivity contribution is 5.55. The first kappa shape index (κ1) is 12.7. The average Bonchev–Trinajstić information content (AvgIpc) is 3.09. The number of benzene rings is 2. The summed E-state index contributed by atoms with van der Waals surface area (Å²) in [5, 5.41) is 0. The number of fused-ring (bicyclic) bond motifs is 2. The lowest BCUT2D eigenvalue weighted by Gasteiger charge is -2.35. The number of hydrogen-bond acceptors (Lipinski definition) is 3. The molecule has 0 amide bonds. The number of nitrogens with two attached hydrogens (primary N) is 1. The van der Waals surface area contributed by atoms with Crippen LogP contribution in [0, 0.1) is 0 Å². The van der Waals surface area contributed by atoms with E-state index in [-0.39, 0.29) is 0 Å². The van der Waals surface area contributed by atoms with Gasteiger partial charge in [0.2, 0.25) is 0 Å². The third-order valence-corrected chi connectivity index (χ3v) is 4.81. The number of anilines is 2. The molecule has 2 atom stereocenters. The largest absolute Gasteiger partial charge is 0.399 e. The van der Waals surface area contributed by atoms with E-state index in [1.807, 2.05) is 12.1 Å². The van der Waals surface area contributed by atoms with E-state index in [9.17, 15) is 0 Å². The van der Waals surface area contributed by atoms with Crippen LogP contribution in [-0.4, -0.2) is 30.1 Å². The summed E-state index contributed by atoms with van der Waals surface area (Å²) in [6.45, 7) is 3.39. The molecule has 2 fully saturated rings. The van der Waals surface area contributed by atoms with Crippen LogP contribution in [0.1, 0.15) is 12.0 Å². The third kappa shape index (κ3) is 2.38. The van der Waals surface area contributed by atoms with Crippen molar-refractivity contribution in [2.75, 3.05) is 23.7 Å². The highest BCUT2D eigenvalue weighted by atomic mass is 15.3. The quantitative estimate of drug-likeness (QED) is 0.877. The fraction of sp³-hybridized carbons (Fsp3) is 0.333. The highest BCUT2D eigenvalue weighted by Crippen LogP contribution is 2.35. The molecule has 0 radical (unpaired) electrons. The van der Waals surface area contributed by atoms with Crippen LogP contribution in [0.25, 0.3) is 0 Å². The van der Waals surface area contributed by atoms with Gasteiger partial charge in [0.25, 0.3) is 0 Å². The first-order chi connectivity index (χ1) is 10.3. The maximum absolute atomic E-state index is 5.78. The van der Waals surface area contributed by atoms with Gasteiger partial charge in [0.1, 0.15) is 0 Å². The molecule has 2 aliphatic rings. The maximum Gasteiger partial charge on any atom is 0.0433 e. The van der Waals surface area contributed by atoms with Gasteiger partial charge in [0.05, 0.1) is 0 Å². The molecule has 2 bridgehead atoms. The summed E-state index contributed by atoms with van der Waals surface area (Å²) in [4.78, 5) is 5.18. The van der Waals surface area contributed by atoms with Crippen molar-refractivity contribution >= 4 is 11.4 Å². The van der Waals surface area contributed by atoms with Crippen LogP contribution in [0.5, 0.6) is 0 Å². The Morgan fingerprint density at radius 2 is 1.67 bits per heavy atom. The maximum atomic E-state index is 5.78. The predicted octanol–water partition coefficient (Wildman–Crippen LogP) is 2.73. The lowest BCUT2D eigenvalue weighted by Crippen LogP contribution is -2.46. The fourth-order valence-corrected chi connectivity index (χ4v) is 3.74. The molecule has 108 valence electrons. The Hall–Kier alpha value is -2.00. The van der Waals surface area contributed by atoms with Crippen molar-refractivity contribution in [2.24, 2.45) is 0 Å². The molecule has 0 aromatic heterocycles. The summed E-state index contributed by atoms with van der Waals surface area (Å²) in [5.41, 5.74) is 9.36. The lowest BCUT2D eigenvalue weighted by molar-refractivity contribution is 0.230. The summed E-state index contributed by atoms with van der Waals surface area (Å²) in [6, 6.07) is 20.4. The zero-order valence-electron chi connectivity index (χ0n) is 12.2. The van der Waals surface area contributed by atoms with E-state index in [0.717, 1.165) is 18.8 Å². The minimum atomic E-state index is 0.655. The molecule has 2 saturated heterocycles. The molecule has 0 unspecified atom stereocenters. The van der Waals surface area contributed by atoms with E-state index in [1.165, 1.54) is 24.2 Å². The molecule has 2 heterocycles. The van der Waals surface area contributed by atoms with Crippen LogP contribution in [-0.2, 0) is 6.54 Å². The van der Waals surface area contributed by atoms with E-state index in [0.29, 0.717) is 12.1 Å². The first-order valence-corrected chi connectivity index (χ1v) is 7.70. The number of likely N-dealkylation sites (tertiary alicyclic amines) is 1. The van der Waals surface area contributed by atoms with Crippen molar-refractivity contribution in [1.82, 2.24) is 4.90 Å². The number of piperazine rings is 1. The Morgan fingerprint density at radius 1 is 0.905 bits per heavy atom. The molecule has 2 N–H and O–H groups in total. The number of nitrogens with zero attached hydrogens (tertiary/aromatic N) is 2. The molecule has 0 spiro atoms. The Kier molecular flexibility index (Phi) is 3.08. The smallest absolute Gasteiger partial charge is 0.0433 e. The van der Waals surface area contributed by atoms with E-state index in [4.69, 9.17) is 5.73 Å². The third-order valence-electron chi connectivity index (χ3n) is 4.81. The Morgan fingerprint density at radius 3 is 2.33 bits per heavy atom. The standard InChI is InChI=1S/C18H21N3/c19-15-6-8-16(9-7-15)21-13-17-10-18(21)12-20(17)11-14-4-2-1-3-5-14/h1-9,17-18H,10-13,19H2/t17-,18-/m0/s1. The van der Waals surface area contributed by atoms with Gasteiger partial charge in [-0.1, -0.05) is 30.3 Å². The van der Waals surface area contributed by atoms with Crippen LogP contribution in [0.4, 0.5) is 11.4 Å². The monoisotopic (exact) mass is 279 g/mol. The zero-order chi connectivity index (χ0) is 14.2. The minimum absolute atomic E-state index is 0.655. The van der Waals surface area contributed by atoms with Crippen molar-refractivity contribution < 1.29 is 0 Å². The van der Waals surface area contributed by atoms with Crippen LogP contribution in [0.15, 0.2) is 54.6 Å². The molecule has 2 aromatic carbocycles. The van der Waals surface area contributed by atoms with Crippen LogP contribution >= 0.6 is 0 Å². The molecular formula is C18H21N3. The molecule has 2 aliphatic heterocycles. The number of rotatable bonds is 3. The van der Waals surface area contributed by atoms with Gasteiger partial charge in [0, 0.05) is 43.1 Å². The molecule has 0 saturated carbocycles. The van der Waals surface area contributed by atoms with Crippen molar-refractivity contribution in [3.05, 3.63) is 60.2 Å². The van der Waals surface area contributed by atoms with Crippen molar-refractivity contribution in [3.8, 4) is 0 Å². The van der Waals surface area contributed by atoms with Gasteiger partial charge >= 0.3 is 0 Å². The van der Waals surface area contributed by atoms with E-state index < -0.39 is 0 Å². The Balaban J connectivity index is 1.45. The normalized spacial score (nSPS) is 24.7. The van der Waals surface area contributed by atoms with Crippen LogP contribution < -0.4 is 10.6 Å². The zero-order valence-corrected chi connectivity index (χ0v) is 12.2. The Labute approximate surface area is 126 Å². The average molecular weight is 279 g/mol. The number of nitrogen functional groups attached to an aromatic ring is 1. The second-order valence-electron chi connectivity index (χ2n) is 6.20. The van der Waals surface area contributed by atoms with Crippen molar-refractivity contribution in [1.29, 1.82) is 0 Å². The minimum Gasteiger partial charge on any atom is -0.399 e. The summed E-state index contributed by atoms with van der Waals surface area (Å²) in [5.74, 6) is 0. The van der Waals surface area contributed by atoms with Gasteiger partial charge in [-0.3, -0.25) is 4.90 Å². The summed E-state index contributed by atoms with van der Waals surface area (Å²) >= 11 is 0. The second-order valence-corrected chi connectivity index (χ2v) is 6.20. The van der Waals surface area contributed by atoms with Gasteiger partial charge in [-0.2, -0.15) is 0 Å². The molecule has 3 heteroatoms. The van der Waals surface area contributed by atoms with Crippen LogP contribution in [0.2, 0.25) is 0 Å². The predicted molar refractivity (Wildman–Crippen MR) is 87.2 cm³/mol. The molecular weight excluding hydrogens is 258 g/mol. The topological polar surface area (TPSA) is 32.5 Å². The molecule has 4 rings (SSSR count). The lowest BCUT2D eigenvalue weighted by atomic mass is 10.2.